The van der Waals surface area contributed by atoms with Gasteiger partial charge in [-0.3, -0.25) is 9.79 Å². The number of nitrogens with one attached hydrogen (secondary N) is 1. The topological polar surface area (TPSA) is 53.9 Å². The van der Waals surface area contributed by atoms with Crippen molar-refractivity contribution < 1.29 is 9.53 Å². The first-order valence-corrected chi connectivity index (χ1v) is 10.1. The lowest BCUT2D eigenvalue weighted by molar-refractivity contribution is -0.146. The molecule has 0 aromatic heterocycles. The Balaban J connectivity index is 1.91. The van der Waals surface area contributed by atoms with E-state index in [4.69, 9.17) is 9.73 Å². The zero-order valence-electron chi connectivity index (χ0n) is 17.5. The summed E-state index contributed by atoms with van der Waals surface area (Å²) in [6.07, 6.45) is 2.58. The monoisotopic (exact) mass is 373 g/mol. The van der Waals surface area contributed by atoms with Crippen molar-refractivity contribution in [3.05, 3.63) is 35.4 Å². The van der Waals surface area contributed by atoms with E-state index < -0.39 is 0 Å². The maximum absolute atomic E-state index is 11.7. The molecule has 0 spiro atoms. The van der Waals surface area contributed by atoms with E-state index >= 15 is 0 Å². The van der Waals surface area contributed by atoms with Crippen LogP contribution in [0.25, 0.3) is 0 Å². The summed E-state index contributed by atoms with van der Waals surface area (Å²) in [4.78, 5) is 18.8. The number of rotatable bonds is 5. The summed E-state index contributed by atoms with van der Waals surface area (Å²) in [7, 11) is 1.47. The Labute approximate surface area is 164 Å². The first-order chi connectivity index (χ1) is 12.8. The van der Waals surface area contributed by atoms with E-state index in [1.165, 1.54) is 18.2 Å². The van der Waals surface area contributed by atoms with E-state index in [-0.39, 0.29) is 17.3 Å². The molecule has 1 saturated heterocycles. The van der Waals surface area contributed by atoms with E-state index in [1.54, 1.807) is 0 Å². The van der Waals surface area contributed by atoms with Gasteiger partial charge in [0.25, 0.3) is 0 Å². The standard InChI is InChI=1S/C22H35N3O2/c1-6-23-21(25-15-12-18(13-16-25)20(26)27-5)24-14-11-17-7-9-19(10-8-17)22(2,3)4/h7-10,18H,6,11-16H2,1-5H3,(H,23,24). The molecule has 150 valence electrons. The fourth-order valence-electron chi connectivity index (χ4n) is 3.38. The van der Waals surface area contributed by atoms with Crippen LogP contribution in [-0.2, 0) is 21.4 Å². The fourth-order valence-corrected chi connectivity index (χ4v) is 3.38. The van der Waals surface area contributed by atoms with Crippen LogP contribution < -0.4 is 5.32 Å². The highest BCUT2D eigenvalue weighted by atomic mass is 16.5. The Morgan fingerprint density at radius 3 is 2.37 bits per heavy atom. The smallest absolute Gasteiger partial charge is 0.308 e. The van der Waals surface area contributed by atoms with Gasteiger partial charge in [0.05, 0.1) is 13.0 Å². The van der Waals surface area contributed by atoms with Gasteiger partial charge in [-0.2, -0.15) is 0 Å². The Kier molecular flexibility index (Phi) is 7.69. The first kappa shape index (κ1) is 21.3. The Morgan fingerprint density at radius 2 is 1.85 bits per heavy atom. The summed E-state index contributed by atoms with van der Waals surface area (Å²) in [5, 5.41) is 3.39. The molecule has 1 aromatic carbocycles. The lowest BCUT2D eigenvalue weighted by Crippen LogP contribution is -2.46. The summed E-state index contributed by atoms with van der Waals surface area (Å²) in [5.41, 5.74) is 2.86. The summed E-state index contributed by atoms with van der Waals surface area (Å²) in [5.74, 6) is 0.887. The maximum Gasteiger partial charge on any atom is 0.308 e. The quantitative estimate of drug-likeness (QED) is 0.488. The number of hydrogen-bond acceptors (Lipinski definition) is 3. The molecule has 1 N–H and O–H groups in total. The number of piperidine rings is 1. The number of aliphatic imine (C=N–C) groups is 1. The molecule has 5 nitrogen and oxygen atoms in total. The third-order valence-electron chi connectivity index (χ3n) is 5.15. The van der Waals surface area contributed by atoms with Crippen LogP contribution in [0.2, 0.25) is 0 Å². The van der Waals surface area contributed by atoms with Gasteiger partial charge >= 0.3 is 5.97 Å². The molecule has 0 amide bonds. The molecule has 0 unspecified atom stereocenters. The Bertz CT molecular complexity index is 624. The van der Waals surface area contributed by atoms with Crippen LogP contribution in [0.1, 0.15) is 51.7 Å². The van der Waals surface area contributed by atoms with E-state index in [1.807, 2.05) is 0 Å². The SMILES string of the molecule is CCNC(=NCCc1ccc(C(C)(C)C)cc1)N1CCC(C(=O)OC)CC1. The van der Waals surface area contributed by atoms with Crippen LogP contribution >= 0.6 is 0 Å². The molecule has 0 bridgehead atoms. The van der Waals surface area contributed by atoms with Crippen LogP contribution in [0, 0.1) is 5.92 Å². The number of hydrogen-bond donors (Lipinski definition) is 1. The molecule has 27 heavy (non-hydrogen) atoms. The zero-order chi connectivity index (χ0) is 19.9. The van der Waals surface area contributed by atoms with E-state index in [2.05, 4.69) is 62.2 Å². The van der Waals surface area contributed by atoms with Crippen molar-refractivity contribution in [1.29, 1.82) is 0 Å². The Hall–Kier alpha value is -2.04. The molecule has 2 rings (SSSR count). The number of nitrogens with zero attached hydrogens (tertiary/aromatic N) is 2. The third kappa shape index (κ3) is 6.26. The van der Waals surface area contributed by atoms with Gasteiger partial charge in [-0.1, -0.05) is 45.0 Å². The molecule has 5 heteroatoms. The van der Waals surface area contributed by atoms with Crippen LogP contribution in [0.5, 0.6) is 0 Å². The highest BCUT2D eigenvalue weighted by molar-refractivity contribution is 5.80. The summed E-state index contributed by atoms with van der Waals surface area (Å²) in [6, 6.07) is 8.87. The number of benzene rings is 1. The van der Waals surface area contributed by atoms with E-state index in [0.29, 0.717) is 0 Å². The molecule has 1 fully saturated rings. The van der Waals surface area contributed by atoms with Crippen molar-refractivity contribution >= 4 is 11.9 Å². The van der Waals surface area contributed by atoms with E-state index in [0.717, 1.165) is 51.4 Å². The predicted molar refractivity (Wildman–Crippen MR) is 111 cm³/mol. The average molecular weight is 374 g/mol. The number of methoxy groups -OCH3 is 1. The van der Waals surface area contributed by atoms with Crippen LogP contribution in [0.3, 0.4) is 0 Å². The molecular weight excluding hydrogens is 338 g/mol. The van der Waals surface area contributed by atoms with Gasteiger partial charge in [0.15, 0.2) is 5.96 Å². The minimum atomic E-state index is -0.0877. The molecule has 0 atom stereocenters. The minimum absolute atomic E-state index is 0.0236. The molecule has 0 saturated carbocycles. The highest BCUT2D eigenvalue weighted by Crippen LogP contribution is 2.22. The number of carbonyl (C=O) groups excluding carboxylic acids is 1. The molecule has 1 heterocycles. The second-order valence-electron chi connectivity index (χ2n) is 8.22. The number of guanidine groups is 1. The third-order valence-corrected chi connectivity index (χ3v) is 5.15. The van der Waals surface area contributed by atoms with Gasteiger partial charge in [0, 0.05) is 26.2 Å². The van der Waals surface area contributed by atoms with E-state index in [9.17, 15) is 4.79 Å². The van der Waals surface area contributed by atoms with Gasteiger partial charge in [-0.25, -0.2) is 0 Å². The van der Waals surface area contributed by atoms with Crippen LogP contribution in [0.15, 0.2) is 29.3 Å². The minimum Gasteiger partial charge on any atom is -0.469 e. The summed E-state index contributed by atoms with van der Waals surface area (Å²) in [6.45, 7) is 12.1. The fraction of sp³-hybridized carbons (Fsp3) is 0.636. The summed E-state index contributed by atoms with van der Waals surface area (Å²) >= 11 is 0. The number of esters is 1. The van der Waals surface area contributed by atoms with Crippen molar-refractivity contribution in [3.63, 3.8) is 0 Å². The van der Waals surface area contributed by atoms with Crippen molar-refractivity contribution in [2.45, 2.75) is 52.4 Å². The predicted octanol–water partition coefficient (Wildman–Crippen LogP) is 3.38. The second-order valence-corrected chi connectivity index (χ2v) is 8.22. The van der Waals surface area contributed by atoms with Gasteiger partial charge in [0.1, 0.15) is 0 Å². The number of carbonyl (C=O) groups is 1. The second kappa shape index (κ2) is 9.77. The van der Waals surface area contributed by atoms with Gasteiger partial charge < -0.3 is 15.0 Å². The van der Waals surface area contributed by atoms with Crippen molar-refractivity contribution in [2.75, 3.05) is 33.3 Å². The van der Waals surface area contributed by atoms with Crippen molar-refractivity contribution in [3.8, 4) is 0 Å². The van der Waals surface area contributed by atoms with Crippen LogP contribution in [0.4, 0.5) is 0 Å². The molecular formula is C22H35N3O2. The largest absolute Gasteiger partial charge is 0.469 e. The normalized spacial score (nSPS) is 16.3. The Morgan fingerprint density at radius 1 is 1.22 bits per heavy atom. The van der Waals surface area contributed by atoms with Gasteiger partial charge in [-0.15, -0.1) is 0 Å². The van der Waals surface area contributed by atoms with Crippen molar-refractivity contribution in [2.24, 2.45) is 10.9 Å². The lowest BCUT2D eigenvalue weighted by atomic mass is 9.86. The summed E-state index contributed by atoms with van der Waals surface area (Å²) < 4.78 is 4.87. The number of likely N-dealkylation sites (tertiary alicyclic amines) is 1. The van der Waals surface area contributed by atoms with Crippen LogP contribution in [-0.4, -0.2) is 50.1 Å². The maximum atomic E-state index is 11.7. The van der Waals surface area contributed by atoms with Gasteiger partial charge in [0.2, 0.25) is 0 Å². The average Bonchev–Trinajstić information content (AvgIpc) is 2.66. The molecule has 1 aromatic rings. The van der Waals surface area contributed by atoms with Crippen molar-refractivity contribution in [1.82, 2.24) is 10.2 Å². The highest BCUT2D eigenvalue weighted by Gasteiger charge is 2.26. The molecule has 1 aliphatic heterocycles. The van der Waals surface area contributed by atoms with Gasteiger partial charge in [-0.05, 0) is 42.7 Å². The zero-order valence-corrected chi connectivity index (χ0v) is 17.5. The lowest BCUT2D eigenvalue weighted by Gasteiger charge is -2.33. The molecule has 0 aliphatic carbocycles. The molecule has 1 aliphatic rings. The first-order valence-electron chi connectivity index (χ1n) is 10.1. The molecule has 0 radical (unpaired) electrons. The number of ether oxygens (including phenoxy) is 1.